The van der Waals surface area contributed by atoms with Gasteiger partial charge in [0.05, 0.1) is 6.61 Å². The number of hydrogen-bond donors (Lipinski definition) is 1. The fraction of sp³-hybridized carbons (Fsp3) is 0.600. The van der Waals surface area contributed by atoms with Crippen LogP contribution in [0.5, 0.6) is 0 Å². The highest BCUT2D eigenvalue weighted by atomic mass is 19.1. The number of ether oxygens (including phenoxy) is 1. The van der Waals surface area contributed by atoms with Crippen LogP contribution in [-0.2, 0) is 11.2 Å². The molecule has 0 fully saturated rings. The van der Waals surface area contributed by atoms with Crippen LogP contribution in [0.15, 0.2) is 24.3 Å². The molecule has 0 spiro atoms. The van der Waals surface area contributed by atoms with E-state index in [0.29, 0.717) is 6.61 Å². The molecule has 0 aliphatic rings. The van der Waals surface area contributed by atoms with E-state index in [1.807, 2.05) is 6.07 Å². The number of halogens is 1. The molecule has 1 rings (SSSR count). The lowest BCUT2D eigenvalue weighted by molar-refractivity contribution is 0.111. The Bertz CT molecular complexity index is 330. The topological polar surface area (TPSA) is 21.3 Å². The van der Waals surface area contributed by atoms with Crippen molar-refractivity contribution < 1.29 is 9.13 Å². The first-order chi connectivity index (χ1) is 8.76. The molecule has 0 aliphatic carbocycles. The molecule has 0 heterocycles. The van der Waals surface area contributed by atoms with Gasteiger partial charge in [-0.3, -0.25) is 0 Å². The molecule has 2 nitrogen and oxygen atoms in total. The van der Waals surface area contributed by atoms with Crippen molar-refractivity contribution >= 4 is 0 Å². The lowest BCUT2D eigenvalue weighted by Crippen LogP contribution is -2.36. The molecule has 18 heavy (non-hydrogen) atoms. The summed E-state index contributed by atoms with van der Waals surface area (Å²) in [5.74, 6) is -0.170. The van der Waals surface area contributed by atoms with E-state index < -0.39 is 0 Å². The molecule has 0 aliphatic heterocycles. The zero-order valence-corrected chi connectivity index (χ0v) is 11.4. The van der Waals surface area contributed by atoms with Crippen molar-refractivity contribution in [2.24, 2.45) is 0 Å². The van der Waals surface area contributed by atoms with Gasteiger partial charge in [-0.05, 0) is 43.5 Å². The van der Waals surface area contributed by atoms with E-state index in [9.17, 15) is 4.39 Å². The van der Waals surface area contributed by atoms with Crippen molar-refractivity contribution in [2.75, 3.05) is 19.8 Å². The number of nitrogens with one attached hydrogen (secondary N) is 1. The average Bonchev–Trinajstić information content (AvgIpc) is 2.36. The fourth-order valence-electron chi connectivity index (χ4n) is 1.86. The summed E-state index contributed by atoms with van der Waals surface area (Å²) in [6, 6.07) is 7.06. The van der Waals surface area contributed by atoms with Gasteiger partial charge >= 0.3 is 0 Å². The minimum absolute atomic E-state index is 0.170. The van der Waals surface area contributed by atoms with Crippen molar-refractivity contribution in [2.45, 2.75) is 39.2 Å². The third-order valence-corrected chi connectivity index (χ3v) is 2.72. The highest BCUT2D eigenvalue weighted by molar-refractivity contribution is 5.17. The van der Waals surface area contributed by atoms with Crippen molar-refractivity contribution in [3.8, 4) is 0 Å². The summed E-state index contributed by atoms with van der Waals surface area (Å²) in [5.41, 5.74) is 1.02. The normalized spacial score (nSPS) is 12.6. The van der Waals surface area contributed by atoms with Gasteiger partial charge in [-0.1, -0.05) is 26.0 Å². The zero-order valence-electron chi connectivity index (χ0n) is 11.4. The summed E-state index contributed by atoms with van der Waals surface area (Å²) in [7, 11) is 0. The Kier molecular flexibility index (Phi) is 7.62. The van der Waals surface area contributed by atoms with Crippen LogP contribution in [0.1, 0.15) is 32.3 Å². The Morgan fingerprint density at radius 2 is 2.11 bits per heavy atom. The van der Waals surface area contributed by atoms with Crippen LogP contribution < -0.4 is 5.32 Å². The largest absolute Gasteiger partial charge is 0.380 e. The summed E-state index contributed by atoms with van der Waals surface area (Å²) in [6.45, 7) is 6.67. The van der Waals surface area contributed by atoms with Crippen LogP contribution in [-0.4, -0.2) is 25.8 Å². The van der Waals surface area contributed by atoms with Gasteiger partial charge in [0, 0.05) is 12.6 Å². The number of rotatable bonds is 9. The highest BCUT2D eigenvalue weighted by Gasteiger charge is 2.09. The van der Waals surface area contributed by atoms with Gasteiger partial charge < -0.3 is 10.1 Å². The zero-order chi connectivity index (χ0) is 13.2. The monoisotopic (exact) mass is 253 g/mol. The van der Waals surface area contributed by atoms with Gasteiger partial charge in [-0.15, -0.1) is 0 Å². The van der Waals surface area contributed by atoms with Gasteiger partial charge in [-0.2, -0.15) is 0 Å². The van der Waals surface area contributed by atoms with Gasteiger partial charge in [0.1, 0.15) is 5.82 Å². The molecule has 1 N–H and O–H groups in total. The predicted octanol–water partition coefficient (Wildman–Crippen LogP) is 3.16. The molecular weight excluding hydrogens is 229 g/mol. The van der Waals surface area contributed by atoms with Gasteiger partial charge in [0.15, 0.2) is 0 Å². The smallest absolute Gasteiger partial charge is 0.123 e. The van der Waals surface area contributed by atoms with Crippen LogP contribution >= 0.6 is 0 Å². The highest BCUT2D eigenvalue weighted by Crippen LogP contribution is 2.07. The van der Waals surface area contributed by atoms with Crippen LogP contribution in [0.25, 0.3) is 0 Å². The SMILES string of the molecule is CCCNC(COCCC)Cc1cccc(F)c1. The third kappa shape index (κ3) is 6.12. The maximum Gasteiger partial charge on any atom is 0.123 e. The minimum Gasteiger partial charge on any atom is -0.380 e. The second-order valence-corrected chi connectivity index (χ2v) is 4.56. The van der Waals surface area contributed by atoms with E-state index in [1.165, 1.54) is 6.07 Å². The standard InChI is InChI=1S/C15H24FNO/c1-3-8-17-15(12-18-9-4-2)11-13-6-5-7-14(16)10-13/h5-7,10,15,17H,3-4,8-9,11-12H2,1-2H3. The Morgan fingerprint density at radius 1 is 1.28 bits per heavy atom. The molecule has 3 heteroatoms. The first-order valence-corrected chi connectivity index (χ1v) is 6.81. The first kappa shape index (κ1) is 15.1. The molecule has 0 aromatic heterocycles. The maximum absolute atomic E-state index is 13.1. The molecule has 1 unspecified atom stereocenters. The van der Waals surface area contributed by atoms with Crippen LogP contribution in [0.3, 0.4) is 0 Å². The fourth-order valence-corrected chi connectivity index (χ4v) is 1.86. The van der Waals surface area contributed by atoms with Crippen molar-refractivity contribution in [1.29, 1.82) is 0 Å². The van der Waals surface area contributed by atoms with E-state index in [4.69, 9.17) is 4.74 Å². The van der Waals surface area contributed by atoms with Crippen molar-refractivity contribution in [3.05, 3.63) is 35.6 Å². The van der Waals surface area contributed by atoms with Crippen LogP contribution in [0.2, 0.25) is 0 Å². The Labute approximate surface area is 110 Å². The Morgan fingerprint density at radius 3 is 2.78 bits per heavy atom. The third-order valence-electron chi connectivity index (χ3n) is 2.72. The number of benzene rings is 1. The average molecular weight is 253 g/mol. The summed E-state index contributed by atoms with van der Waals surface area (Å²) < 4.78 is 18.7. The molecular formula is C15H24FNO. The Hall–Kier alpha value is -0.930. The molecule has 0 amide bonds. The summed E-state index contributed by atoms with van der Waals surface area (Å²) >= 11 is 0. The predicted molar refractivity (Wildman–Crippen MR) is 73.3 cm³/mol. The van der Waals surface area contributed by atoms with E-state index in [0.717, 1.165) is 38.0 Å². The second kappa shape index (κ2) is 9.06. The van der Waals surface area contributed by atoms with E-state index in [1.54, 1.807) is 12.1 Å². The van der Waals surface area contributed by atoms with Crippen LogP contribution in [0, 0.1) is 5.82 Å². The summed E-state index contributed by atoms with van der Waals surface area (Å²) in [6.07, 6.45) is 2.93. The molecule has 1 aromatic rings. The summed E-state index contributed by atoms with van der Waals surface area (Å²) in [5, 5.41) is 3.45. The van der Waals surface area contributed by atoms with Gasteiger partial charge in [0.2, 0.25) is 0 Å². The molecule has 0 radical (unpaired) electrons. The lowest BCUT2D eigenvalue weighted by atomic mass is 10.1. The molecule has 1 aromatic carbocycles. The minimum atomic E-state index is -0.170. The summed E-state index contributed by atoms with van der Waals surface area (Å²) in [4.78, 5) is 0. The van der Waals surface area contributed by atoms with Gasteiger partial charge in [0.25, 0.3) is 0 Å². The van der Waals surface area contributed by atoms with Crippen molar-refractivity contribution in [1.82, 2.24) is 5.32 Å². The van der Waals surface area contributed by atoms with Crippen molar-refractivity contribution in [3.63, 3.8) is 0 Å². The molecule has 0 bridgehead atoms. The van der Waals surface area contributed by atoms with Gasteiger partial charge in [-0.25, -0.2) is 4.39 Å². The van der Waals surface area contributed by atoms with E-state index in [-0.39, 0.29) is 11.9 Å². The molecule has 0 saturated heterocycles. The quantitative estimate of drug-likeness (QED) is 0.683. The van der Waals surface area contributed by atoms with E-state index >= 15 is 0 Å². The first-order valence-electron chi connectivity index (χ1n) is 6.81. The van der Waals surface area contributed by atoms with E-state index in [2.05, 4.69) is 19.2 Å². The molecule has 1 atom stereocenters. The second-order valence-electron chi connectivity index (χ2n) is 4.56. The molecule has 0 saturated carbocycles. The Balaban J connectivity index is 2.48. The van der Waals surface area contributed by atoms with Crippen LogP contribution in [0.4, 0.5) is 4.39 Å². The maximum atomic E-state index is 13.1. The number of hydrogen-bond acceptors (Lipinski definition) is 2. The lowest BCUT2D eigenvalue weighted by Gasteiger charge is -2.18. The molecule has 102 valence electrons.